The molecule has 3 fully saturated rings. The molecule has 3 aromatic heterocycles. The van der Waals surface area contributed by atoms with Crippen LogP contribution in [0.1, 0.15) is 37.2 Å². The van der Waals surface area contributed by atoms with Crippen LogP contribution in [0, 0.1) is 11.2 Å². The van der Waals surface area contributed by atoms with E-state index in [2.05, 4.69) is 9.36 Å². The zero-order chi connectivity index (χ0) is 18.5. The predicted molar refractivity (Wildman–Crippen MR) is 101 cm³/mol. The second-order valence-corrected chi connectivity index (χ2v) is 9.00. The van der Waals surface area contributed by atoms with Crippen LogP contribution >= 0.6 is 11.5 Å². The van der Waals surface area contributed by atoms with Gasteiger partial charge in [0.15, 0.2) is 11.6 Å². The summed E-state index contributed by atoms with van der Waals surface area (Å²) in [6, 6.07) is 0.0254. The van der Waals surface area contributed by atoms with E-state index >= 15 is 0 Å². The largest absolute Gasteiger partial charge is 0.352 e. The lowest BCUT2D eigenvalue weighted by Gasteiger charge is -2.19. The summed E-state index contributed by atoms with van der Waals surface area (Å²) in [7, 11) is 0. The lowest BCUT2D eigenvalue weighted by molar-refractivity contribution is 0.499. The third-order valence-electron chi connectivity index (χ3n) is 6.40. The van der Waals surface area contributed by atoms with Crippen LogP contribution < -0.4 is 21.8 Å². The summed E-state index contributed by atoms with van der Waals surface area (Å²) in [5, 5.41) is 0.105. The molecule has 0 radical (unpaired) electrons. The molecule has 0 unspecified atom stereocenters. The van der Waals surface area contributed by atoms with Crippen LogP contribution in [-0.4, -0.2) is 32.9 Å². The number of aromatic amines is 1. The minimum absolute atomic E-state index is 0.0254. The van der Waals surface area contributed by atoms with Crippen molar-refractivity contribution in [1.29, 1.82) is 0 Å². The van der Waals surface area contributed by atoms with Crippen molar-refractivity contribution in [3.8, 4) is 0 Å². The van der Waals surface area contributed by atoms with Crippen molar-refractivity contribution >= 4 is 33.1 Å². The second-order valence-electron chi connectivity index (χ2n) is 8.19. The Morgan fingerprint density at radius 3 is 2.78 bits per heavy atom. The van der Waals surface area contributed by atoms with E-state index in [0.717, 1.165) is 31.2 Å². The van der Waals surface area contributed by atoms with Gasteiger partial charge < -0.3 is 10.6 Å². The Morgan fingerprint density at radius 2 is 2.11 bits per heavy atom. The molecule has 3 N–H and O–H groups in total. The first-order chi connectivity index (χ1) is 13.0. The topological polar surface area (TPSA) is 96.5 Å². The molecule has 1 atom stereocenters. The zero-order valence-electron chi connectivity index (χ0n) is 14.5. The molecule has 1 spiro atoms. The molecule has 2 saturated carbocycles. The number of fused-ring (bicyclic) bond motifs is 2. The van der Waals surface area contributed by atoms with Gasteiger partial charge in [0.1, 0.15) is 11.0 Å². The molecule has 2 aliphatic carbocycles. The molecule has 1 aliphatic heterocycles. The molecule has 6 rings (SSSR count). The highest BCUT2D eigenvalue weighted by atomic mass is 32.1. The number of H-pyrrole nitrogens is 1. The van der Waals surface area contributed by atoms with Gasteiger partial charge in [-0.25, -0.2) is 9.37 Å². The van der Waals surface area contributed by atoms with E-state index in [1.54, 1.807) is 0 Å². The van der Waals surface area contributed by atoms with Gasteiger partial charge in [-0.2, -0.15) is 0 Å². The maximum atomic E-state index is 14.9. The van der Waals surface area contributed by atoms with Crippen LogP contribution in [-0.2, 0) is 0 Å². The lowest BCUT2D eigenvalue weighted by atomic mass is 10.0. The Kier molecular flexibility index (Phi) is 2.90. The number of nitrogens with one attached hydrogen (secondary N) is 1. The van der Waals surface area contributed by atoms with Gasteiger partial charge in [0.2, 0.25) is 0 Å². The van der Waals surface area contributed by atoms with Crippen LogP contribution in [0.5, 0.6) is 0 Å². The fourth-order valence-electron chi connectivity index (χ4n) is 4.50. The van der Waals surface area contributed by atoms with Crippen molar-refractivity contribution < 1.29 is 4.39 Å². The zero-order valence-corrected chi connectivity index (χ0v) is 15.3. The molecular formula is C18H18FN5O2S. The minimum Gasteiger partial charge on any atom is -0.352 e. The van der Waals surface area contributed by atoms with Crippen molar-refractivity contribution in [2.45, 2.75) is 37.6 Å². The molecule has 0 amide bonds. The number of nitrogens with two attached hydrogens (primary N) is 1. The van der Waals surface area contributed by atoms with E-state index in [-0.39, 0.29) is 28.6 Å². The first-order valence-corrected chi connectivity index (χ1v) is 10.1. The van der Waals surface area contributed by atoms with E-state index in [9.17, 15) is 14.0 Å². The lowest BCUT2D eigenvalue weighted by Crippen LogP contribution is -2.31. The molecule has 1 saturated heterocycles. The van der Waals surface area contributed by atoms with E-state index in [0.29, 0.717) is 23.4 Å². The van der Waals surface area contributed by atoms with Gasteiger partial charge in [-0.15, -0.1) is 0 Å². The fourth-order valence-corrected chi connectivity index (χ4v) is 5.45. The molecule has 140 valence electrons. The fraction of sp³-hybridized carbons (Fsp3) is 0.500. The Bertz CT molecular complexity index is 1240. The van der Waals surface area contributed by atoms with Gasteiger partial charge in [-0.3, -0.25) is 18.4 Å². The van der Waals surface area contributed by atoms with Gasteiger partial charge >= 0.3 is 0 Å². The second kappa shape index (κ2) is 4.96. The Labute approximate surface area is 156 Å². The number of aromatic nitrogens is 3. The van der Waals surface area contributed by atoms with Crippen molar-refractivity contribution in [2.75, 3.05) is 18.0 Å². The Balaban J connectivity index is 1.63. The smallest absolute Gasteiger partial charge is 0.271 e. The molecule has 9 heteroatoms. The summed E-state index contributed by atoms with van der Waals surface area (Å²) < 4.78 is 19.5. The van der Waals surface area contributed by atoms with Crippen LogP contribution in [0.15, 0.2) is 15.8 Å². The summed E-state index contributed by atoms with van der Waals surface area (Å²) >= 11 is 1.17. The molecule has 3 aromatic rings. The monoisotopic (exact) mass is 387 g/mol. The molecule has 27 heavy (non-hydrogen) atoms. The molecule has 3 aliphatic rings. The highest BCUT2D eigenvalue weighted by Gasteiger charge is 2.54. The van der Waals surface area contributed by atoms with Gasteiger partial charge in [-0.05, 0) is 31.6 Å². The Morgan fingerprint density at radius 1 is 1.33 bits per heavy atom. The Hall–Kier alpha value is -2.26. The van der Waals surface area contributed by atoms with Crippen LogP contribution in [0.2, 0.25) is 0 Å². The first-order valence-electron chi connectivity index (χ1n) is 9.25. The van der Waals surface area contributed by atoms with E-state index in [1.165, 1.54) is 22.1 Å². The highest BCUT2D eigenvalue weighted by molar-refractivity contribution is 7.13. The summed E-state index contributed by atoms with van der Waals surface area (Å²) in [6.07, 6.45) is 5.31. The average Bonchev–Trinajstić information content (AvgIpc) is 3.53. The summed E-state index contributed by atoms with van der Waals surface area (Å²) in [5.41, 5.74) is 6.80. The number of nitrogens with zero attached hydrogens (tertiary/aromatic N) is 3. The highest BCUT2D eigenvalue weighted by Crippen LogP contribution is 2.53. The molecular weight excluding hydrogens is 369 g/mol. The first kappa shape index (κ1) is 15.8. The summed E-state index contributed by atoms with van der Waals surface area (Å²) in [4.78, 5) is 31.5. The summed E-state index contributed by atoms with van der Waals surface area (Å²) in [5.74, 6) is -0.0315. The molecule has 0 bridgehead atoms. The van der Waals surface area contributed by atoms with Gasteiger partial charge in [0.05, 0.1) is 10.9 Å². The van der Waals surface area contributed by atoms with Gasteiger partial charge in [-0.1, -0.05) is 11.5 Å². The molecule has 0 aromatic carbocycles. The van der Waals surface area contributed by atoms with Crippen LogP contribution in [0.3, 0.4) is 0 Å². The number of hydrogen-bond donors (Lipinski definition) is 2. The maximum absolute atomic E-state index is 14.9. The van der Waals surface area contributed by atoms with E-state index in [4.69, 9.17) is 5.73 Å². The number of rotatable bonds is 2. The van der Waals surface area contributed by atoms with Gasteiger partial charge in [0.25, 0.3) is 11.1 Å². The average molecular weight is 387 g/mol. The van der Waals surface area contributed by atoms with Crippen LogP contribution in [0.4, 0.5) is 10.2 Å². The van der Waals surface area contributed by atoms with Crippen LogP contribution in [0.25, 0.3) is 15.7 Å². The van der Waals surface area contributed by atoms with Crippen molar-refractivity contribution in [2.24, 2.45) is 11.1 Å². The van der Waals surface area contributed by atoms with E-state index < -0.39 is 16.9 Å². The number of halogens is 1. The quantitative estimate of drug-likeness (QED) is 0.695. The molecule has 4 heterocycles. The SMILES string of the molecule is N[C@@H]1CN(c2nc3c(C4CC4)c4s[nH]c(=O)c4c(=O)n3cc2F)CC12CC2. The number of anilines is 1. The normalized spacial score (nSPS) is 23.8. The van der Waals surface area contributed by atoms with Crippen molar-refractivity contribution in [3.63, 3.8) is 0 Å². The standard InChI is InChI=1S/C18H18FN5O2S/c19-9-5-24-15(21-14(9)23-6-10(20)18(7-23)3-4-18)11(8-1-2-8)13-12(17(24)26)16(25)22-27-13/h5,8,10H,1-4,6-7,20H2,(H,22,25)/t10-/m1/s1. The van der Waals surface area contributed by atoms with Crippen molar-refractivity contribution in [1.82, 2.24) is 13.8 Å². The predicted octanol–water partition coefficient (Wildman–Crippen LogP) is 1.54. The van der Waals surface area contributed by atoms with Crippen molar-refractivity contribution in [3.05, 3.63) is 38.3 Å². The number of pyridine rings is 1. The third kappa shape index (κ3) is 2.06. The maximum Gasteiger partial charge on any atom is 0.271 e. The minimum atomic E-state index is -0.553. The van der Waals surface area contributed by atoms with E-state index in [1.807, 2.05) is 4.90 Å². The number of hydrogen-bond acceptors (Lipinski definition) is 6. The third-order valence-corrected chi connectivity index (χ3v) is 7.32. The molecule has 7 nitrogen and oxygen atoms in total. The summed E-state index contributed by atoms with van der Waals surface area (Å²) in [6.45, 7) is 1.28. The van der Waals surface area contributed by atoms with Gasteiger partial charge in [0, 0.05) is 30.1 Å².